The third kappa shape index (κ3) is 3.21. The van der Waals surface area contributed by atoms with E-state index in [9.17, 15) is 0 Å². The number of pyridine rings is 1. The molecule has 1 aromatic heterocycles. The van der Waals surface area contributed by atoms with E-state index in [2.05, 4.69) is 23.3 Å². The van der Waals surface area contributed by atoms with Gasteiger partial charge in [-0.15, -0.1) is 0 Å². The molecule has 3 nitrogen and oxygen atoms in total. The van der Waals surface area contributed by atoms with Gasteiger partial charge in [0, 0.05) is 18.9 Å². The van der Waals surface area contributed by atoms with Gasteiger partial charge in [-0.25, -0.2) is 0 Å². The van der Waals surface area contributed by atoms with Crippen LogP contribution < -0.4 is 11.1 Å². The smallest absolute Gasteiger partial charge is 0.0576 e. The second-order valence-electron chi connectivity index (χ2n) is 4.12. The highest BCUT2D eigenvalue weighted by Gasteiger charge is 1.98. The molecule has 3 N–H and O–H groups in total. The van der Waals surface area contributed by atoms with Gasteiger partial charge in [-0.1, -0.05) is 6.07 Å². The summed E-state index contributed by atoms with van der Waals surface area (Å²) in [5.74, 6) is 0. The molecule has 0 atom stereocenters. The second-order valence-corrected chi connectivity index (χ2v) is 4.12. The topological polar surface area (TPSA) is 50.9 Å². The molecule has 0 bridgehead atoms. The summed E-state index contributed by atoms with van der Waals surface area (Å²) in [4.78, 5) is 4.00. The Balaban J connectivity index is 1.92. The zero-order valence-corrected chi connectivity index (χ0v) is 9.98. The van der Waals surface area contributed by atoms with Crippen molar-refractivity contribution < 1.29 is 0 Å². The van der Waals surface area contributed by atoms with Crippen molar-refractivity contribution in [2.24, 2.45) is 0 Å². The molecule has 0 aliphatic carbocycles. The zero-order chi connectivity index (χ0) is 12.1. The fourth-order valence-corrected chi connectivity index (χ4v) is 1.71. The number of nitrogens with one attached hydrogen (secondary N) is 1. The third-order valence-electron chi connectivity index (χ3n) is 2.69. The lowest BCUT2D eigenvalue weighted by atomic mass is 10.1. The zero-order valence-electron chi connectivity index (χ0n) is 9.98. The van der Waals surface area contributed by atoms with Gasteiger partial charge in [0.05, 0.1) is 11.4 Å². The van der Waals surface area contributed by atoms with Crippen LogP contribution in [-0.4, -0.2) is 11.5 Å². The predicted molar refractivity (Wildman–Crippen MR) is 72.0 cm³/mol. The van der Waals surface area contributed by atoms with Crippen LogP contribution in [0.1, 0.15) is 11.1 Å². The summed E-state index contributed by atoms with van der Waals surface area (Å²) < 4.78 is 0. The molecule has 2 rings (SSSR count). The van der Waals surface area contributed by atoms with Crippen molar-refractivity contribution >= 4 is 11.4 Å². The first-order valence-electron chi connectivity index (χ1n) is 5.74. The van der Waals surface area contributed by atoms with E-state index in [1.807, 2.05) is 36.7 Å². The molecule has 2 aromatic rings. The van der Waals surface area contributed by atoms with Gasteiger partial charge >= 0.3 is 0 Å². The van der Waals surface area contributed by atoms with Gasteiger partial charge in [-0.05, 0) is 48.7 Å². The minimum atomic E-state index is 0.797. The van der Waals surface area contributed by atoms with Gasteiger partial charge < -0.3 is 11.1 Å². The largest absolute Gasteiger partial charge is 0.397 e. The third-order valence-corrected chi connectivity index (χ3v) is 2.69. The van der Waals surface area contributed by atoms with Crippen molar-refractivity contribution in [2.75, 3.05) is 17.6 Å². The van der Waals surface area contributed by atoms with E-state index in [4.69, 9.17) is 5.73 Å². The molecule has 0 aliphatic heterocycles. The summed E-state index contributed by atoms with van der Waals surface area (Å²) in [5, 5.41) is 3.36. The first-order valence-corrected chi connectivity index (χ1v) is 5.74. The van der Waals surface area contributed by atoms with Crippen LogP contribution in [0.5, 0.6) is 0 Å². The molecule has 1 aromatic carbocycles. The number of hydrogen-bond donors (Lipinski definition) is 2. The quantitative estimate of drug-likeness (QED) is 0.789. The maximum Gasteiger partial charge on any atom is 0.0576 e. The Kier molecular flexibility index (Phi) is 3.60. The molecule has 0 saturated carbocycles. The van der Waals surface area contributed by atoms with E-state index in [-0.39, 0.29) is 0 Å². The van der Waals surface area contributed by atoms with E-state index >= 15 is 0 Å². The van der Waals surface area contributed by atoms with Gasteiger partial charge in [0.2, 0.25) is 0 Å². The first-order chi connectivity index (χ1) is 8.25. The van der Waals surface area contributed by atoms with Crippen LogP contribution in [0.15, 0.2) is 42.7 Å². The lowest BCUT2D eigenvalue weighted by Gasteiger charge is -2.10. The average molecular weight is 227 g/mol. The van der Waals surface area contributed by atoms with E-state index in [0.29, 0.717) is 0 Å². The maximum atomic E-state index is 5.90. The molecule has 17 heavy (non-hydrogen) atoms. The molecule has 0 aliphatic rings. The summed E-state index contributed by atoms with van der Waals surface area (Å²) in [6.45, 7) is 2.94. The van der Waals surface area contributed by atoms with Gasteiger partial charge in [0.15, 0.2) is 0 Å². The minimum absolute atomic E-state index is 0.797. The van der Waals surface area contributed by atoms with Crippen molar-refractivity contribution in [2.45, 2.75) is 13.3 Å². The van der Waals surface area contributed by atoms with E-state index in [1.54, 1.807) is 0 Å². The van der Waals surface area contributed by atoms with Crippen molar-refractivity contribution in [1.29, 1.82) is 0 Å². The van der Waals surface area contributed by atoms with Crippen LogP contribution in [-0.2, 0) is 6.42 Å². The Labute approximate surface area is 102 Å². The highest BCUT2D eigenvalue weighted by Crippen LogP contribution is 2.19. The highest BCUT2D eigenvalue weighted by molar-refractivity contribution is 5.66. The van der Waals surface area contributed by atoms with Gasteiger partial charge in [0.1, 0.15) is 0 Å². The number of benzene rings is 1. The number of nitrogens with two attached hydrogens (primary N) is 1. The molecule has 1 heterocycles. The number of hydrogen-bond acceptors (Lipinski definition) is 3. The molecule has 88 valence electrons. The van der Waals surface area contributed by atoms with Crippen molar-refractivity contribution in [3.8, 4) is 0 Å². The van der Waals surface area contributed by atoms with Gasteiger partial charge in [0.25, 0.3) is 0 Å². The SMILES string of the molecule is Cc1ccc(N)c(NCCc2ccncc2)c1. The molecular formula is C14H17N3. The summed E-state index contributed by atoms with van der Waals surface area (Å²) >= 11 is 0. The molecule has 0 spiro atoms. The highest BCUT2D eigenvalue weighted by atomic mass is 14.9. The lowest BCUT2D eigenvalue weighted by Crippen LogP contribution is -2.07. The fraction of sp³-hybridized carbons (Fsp3) is 0.214. The number of aryl methyl sites for hydroxylation is 1. The lowest BCUT2D eigenvalue weighted by molar-refractivity contribution is 1.01. The standard InChI is InChI=1S/C14H17N3/c1-11-2-3-13(15)14(10-11)17-9-6-12-4-7-16-8-5-12/h2-5,7-8,10,17H,6,9,15H2,1H3. The normalized spacial score (nSPS) is 10.2. The number of nitrogens with zero attached hydrogens (tertiary/aromatic N) is 1. The molecule has 0 radical (unpaired) electrons. The Bertz CT molecular complexity index is 480. The first kappa shape index (κ1) is 11.5. The minimum Gasteiger partial charge on any atom is -0.397 e. The van der Waals surface area contributed by atoms with Gasteiger partial charge in [-0.2, -0.15) is 0 Å². The van der Waals surface area contributed by atoms with E-state index < -0.39 is 0 Å². The Morgan fingerprint density at radius 3 is 2.71 bits per heavy atom. The number of aromatic nitrogens is 1. The van der Waals surface area contributed by atoms with E-state index in [1.165, 1.54) is 11.1 Å². The predicted octanol–water partition coefficient (Wildman–Crippen LogP) is 2.63. The van der Waals surface area contributed by atoms with Crippen LogP contribution in [0, 0.1) is 6.92 Å². The van der Waals surface area contributed by atoms with Crippen LogP contribution in [0.25, 0.3) is 0 Å². The Hall–Kier alpha value is -2.03. The van der Waals surface area contributed by atoms with Crippen LogP contribution in [0.4, 0.5) is 11.4 Å². The monoisotopic (exact) mass is 227 g/mol. The molecule has 3 heteroatoms. The maximum absolute atomic E-state index is 5.90. The number of nitrogen functional groups attached to an aromatic ring is 1. The number of anilines is 2. The molecule has 0 unspecified atom stereocenters. The van der Waals surface area contributed by atoms with Crippen molar-refractivity contribution in [3.63, 3.8) is 0 Å². The van der Waals surface area contributed by atoms with Crippen molar-refractivity contribution in [1.82, 2.24) is 4.98 Å². The summed E-state index contributed by atoms with van der Waals surface area (Å²) in [7, 11) is 0. The second kappa shape index (κ2) is 5.34. The Morgan fingerprint density at radius 2 is 1.94 bits per heavy atom. The average Bonchev–Trinajstić information content (AvgIpc) is 2.35. The van der Waals surface area contributed by atoms with E-state index in [0.717, 1.165) is 24.3 Å². The Morgan fingerprint density at radius 1 is 1.18 bits per heavy atom. The summed E-state index contributed by atoms with van der Waals surface area (Å²) in [6.07, 6.45) is 4.60. The summed E-state index contributed by atoms with van der Waals surface area (Å²) in [5.41, 5.74) is 10.2. The van der Waals surface area contributed by atoms with Crippen molar-refractivity contribution in [3.05, 3.63) is 53.9 Å². The molecule has 0 saturated heterocycles. The van der Waals surface area contributed by atoms with Crippen LogP contribution >= 0.6 is 0 Å². The molecular weight excluding hydrogens is 210 g/mol. The van der Waals surface area contributed by atoms with Gasteiger partial charge in [-0.3, -0.25) is 4.98 Å². The fourth-order valence-electron chi connectivity index (χ4n) is 1.71. The summed E-state index contributed by atoms with van der Waals surface area (Å²) in [6, 6.07) is 10.1. The number of rotatable bonds is 4. The van der Waals surface area contributed by atoms with Crippen LogP contribution in [0.3, 0.4) is 0 Å². The molecule has 0 amide bonds. The molecule has 0 fully saturated rings. The van der Waals surface area contributed by atoms with Crippen LogP contribution in [0.2, 0.25) is 0 Å².